The highest BCUT2D eigenvalue weighted by Gasteiger charge is 2.46. The zero-order valence-corrected chi connectivity index (χ0v) is 12.6. The van der Waals surface area contributed by atoms with Crippen molar-refractivity contribution >= 4 is 23.0 Å². The smallest absolute Gasteiger partial charge is 0.298 e. The van der Waals surface area contributed by atoms with Gasteiger partial charge in [0.15, 0.2) is 5.58 Å². The Balaban J connectivity index is 1.56. The average molecular weight is 299 g/mol. The van der Waals surface area contributed by atoms with Crippen molar-refractivity contribution in [1.29, 1.82) is 0 Å². The number of hydrogen-bond donors (Lipinski definition) is 1. The number of oxazole rings is 1. The molecule has 3 heterocycles. The van der Waals surface area contributed by atoms with E-state index in [0.29, 0.717) is 28.1 Å². The van der Waals surface area contributed by atoms with Crippen LogP contribution >= 0.6 is 0 Å². The number of rotatable bonds is 2. The number of likely N-dealkylation sites (tertiary alicyclic amines) is 1. The number of amides is 1. The van der Waals surface area contributed by atoms with Crippen LogP contribution in [-0.4, -0.2) is 49.0 Å². The van der Waals surface area contributed by atoms with E-state index < -0.39 is 5.91 Å². The van der Waals surface area contributed by atoms with Gasteiger partial charge in [-0.1, -0.05) is 0 Å². The van der Waals surface area contributed by atoms with Gasteiger partial charge in [0.2, 0.25) is 0 Å². The third-order valence-electron chi connectivity index (χ3n) is 4.96. The van der Waals surface area contributed by atoms with Crippen molar-refractivity contribution in [2.24, 2.45) is 11.1 Å². The summed E-state index contributed by atoms with van der Waals surface area (Å²) >= 11 is 0. The van der Waals surface area contributed by atoms with Crippen LogP contribution in [0.3, 0.4) is 0 Å². The van der Waals surface area contributed by atoms with Crippen LogP contribution in [-0.2, 0) is 0 Å². The standard InChI is InChI=1S/C16H19N4O2/c1-19-7-5-16(6-8-19)9-20(10-16)15-18-13-11(14(17)21)3-2-4-12(13)22-15/h2,4H,5-10H2,1H3,(H2,17,21). The first-order valence-corrected chi connectivity index (χ1v) is 7.61. The molecular weight excluding hydrogens is 280 g/mol. The lowest BCUT2D eigenvalue weighted by atomic mass is 9.72. The molecule has 6 nitrogen and oxygen atoms in total. The van der Waals surface area contributed by atoms with Gasteiger partial charge in [0.1, 0.15) is 5.52 Å². The second kappa shape index (κ2) is 4.71. The van der Waals surface area contributed by atoms with E-state index in [4.69, 9.17) is 10.2 Å². The molecule has 1 aromatic heterocycles. The third-order valence-corrected chi connectivity index (χ3v) is 4.96. The van der Waals surface area contributed by atoms with Crippen LogP contribution in [0, 0.1) is 11.5 Å². The number of anilines is 1. The minimum absolute atomic E-state index is 0.294. The Morgan fingerprint density at radius 1 is 1.41 bits per heavy atom. The van der Waals surface area contributed by atoms with Crippen molar-refractivity contribution in [3.8, 4) is 0 Å². The lowest BCUT2D eigenvalue weighted by Gasteiger charge is -2.53. The lowest BCUT2D eigenvalue weighted by Crippen LogP contribution is -2.60. The molecule has 4 rings (SSSR count). The Labute approximate surface area is 128 Å². The summed E-state index contributed by atoms with van der Waals surface area (Å²) in [5, 5.41) is 0. The monoisotopic (exact) mass is 299 g/mol. The molecule has 22 heavy (non-hydrogen) atoms. The summed E-state index contributed by atoms with van der Waals surface area (Å²) in [6.07, 6.45) is 2.45. The number of carbonyl (C=O) groups excluding carboxylic acids is 1. The Kier molecular flexibility index (Phi) is 2.91. The van der Waals surface area contributed by atoms with Crippen LogP contribution in [0.5, 0.6) is 0 Å². The van der Waals surface area contributed by atoms with E-state index in [1.165, 1.54) is 12.8 Å². The minimum atomic E-state index is -0.527. The number of nitrogens with two attached hydrogens (primary N) is 1. The van der Waals surface area contributed by atoms with Crippen molar-refractivity contribution in [3.63, 3.8) is 0 Å². The van der Waals surface area contributed by atoms with E-state index in [1.807, 2.05) is 0 Å². The van der Waals surface area contributed by atoms with Gasteiger partial charge in [-0.15, -0.1) is 0 Å². The van der Waals surface area contributed by atoms with Crippen LogP contribution in [0.1, 0.15) is 23.2 Å². The van der Waals surface area contributed by atoms with Gasteiger partial charge in [0.25, 0.3) is 11.9 Å². The molecule has 2 fully saturated rings. The van der Waals surface area contributed by atoms with E-state index in [0.717, 1.165) is 26.2 Å². The molecule has 1 aromatic carbocycles. The maximum Gasteiger partial charge on any atom is 0.298 e. The van der Waals surface area contributed by atoms with Crippen molar-refractivity contribution < 1.29 is 9.21 Å². The molecular formula is C16H19N4O2. The number of aromatic nitrogens is 1. The summed E-state index contributed by atoms with van der Waals surface area (Å²) < 4.78 is 5.79. The number of carbonyl (C=O) groups is 1. The van der Waals surface area contributed by atoms with Crippen LogP contribution in [0.2, 0.25) is 0 Å². The molecule has 6 heteroatoms. The SMILES string of the molecule is CN1CCC2(CC1)CN(c1nc3c(C(N)=O)[c]ccc3o1)C2. The topological polar surface area (TPSA) is 75.6 Å². The zero-order valence-electron chi connectivity index (χ0n) is 12.6. The molecule has 0 aliphatic carbocycles. The molecule has 2 saturated heterocycles. The summed E-state index contributed by atoms with van der Waals surface area (Å²) in [6, 6.07) is 6.84. The van der Waals surface area contributed by atoms with Crippen LogP contribution in [0.4, 0.5) is 6.01 Å². The number of piperidine rings is 1. The first-order chi connectivity index (χ1) is 10.6. The molecule has 2 aromatic rings. The fraction of sp³-hybridized carbons (Fsp3) is 0.500. The summed E-state index contributed by atoms with van der Waals surface area (Å²) in [7, 11) is 2.17. The second-order valence-electron chi connectivity index (χ2n) is 6.59. The highest BCUT2D eigenvalue weighted by Crippen LogP contribution is 2.42. The van der Waals surface area contributed by atoms with Crippen molar-refractivity contribution in [2.75, 3.05) is 38.1 Å². The van der Waals surface area contributed by atoms with Crippen LogP contribution in [0.15, 0.2) is 16.5 Å². The Morgan fingerprint density at radius 3 is 2.82 bits per heavy atom. The van der Waals surface area contributed by atoms with Gasteiger partial charge in [-0.3, -0.25) is 4.79 Å². The predicted molar refractivity (Wildman–Crippen MR) is 82.7 cm³/mol. The number of primary amides is 1. The third kappa shape index (κ3) is 2.06. The number of hydrogen-bond acceptors (Lipinski definition) is 5. The molecule has 1 radical (unpaired) electrons. The van der Waals surface area contributed by atoms with E-state index in [-0.39, 0.29) is 0 Å². The number of nitrogens with zero attached hydrogens (tertiary/aromatic N) is 3. The molecule has 115 valence electrons. The van der Waals surface area contributed by atoms with E-state index in [9.17, 15) is 4.79 Å². The number of benzene rings is 1. The van der Waals surface area contributed by atoms with Gasteiger partial charge in [-0.2, -0.15) is 4.98 Å². The minimum Gasteiger partial charge on any atom is -0.423 e. The summed E-state index contributed by atoms with van der Waals surface area (Å²) in [5.74, 6) is -0.527. The molecule has 1 amide bonds. The Morgan fingerprint density at radius 2 is 2.14 bits per heavy atom. The molecule has 2 N–H and O–H groups in total. The largest absolute Gasteiger partial charge is 0.423 e. The van der Waals surface area contributed by atoms with Gasteiger partial charge in [0, 0.05) is 18.5 Å². The second-order valence-corrected chi connectivity index (χ2v) is 6.59. The van der Waals surface area contributed by atoms with E-state index in [1.54, 1.807) is 12.1 Å². The molecule has 2 aliphatic rings. The maximum absolute atomic E-state index is 11.4. The van der Waals surface area contributed by atoms with Gasteiger partial charge in [0.05, 0.1) is 5.56 Å². The van der Waals surface area contributed by atoms with Crippen molar-refractivity contribution in [3.05, 3.63) is 23.8 Å². The molecule has 2 aliphatic heterocycles. The van der Waals surface area contributed by atoms with Crippen molar-refractivity contribution in [2.45, 2.75) is 12.8 Å². The van der Waals surface area contributed by atoms with E-state index >= 15 is 0 Å². The first kappa shape index (κ1) is 13.6. The molecule has 0 saturated carbocycles. The molecule has 0 bridgehead atoms. The van der Waals surface area contributed by atoms with Gasteiger partial charge < -0.3 is 20.0 Å². The van der Waals surface area contributed by atoms with Crippen LogP contribution < -0.4 is 10.6 Å². The fourth-order valence-electron chi connectivity index (χ4n) is 3.51. The van der Waals surface area contributed by atoms with Gasteiger partial charge in [-0.25, -0.2) is 0 Å². The van der Waals surface area contributed by atoms with Gasteiger partial charge in [-0.05, 0) is 51.2 Å². The molecule has 1 spiro atoms. The molecule has 0 atom stereocenters. The predicted octanol–water partition coefficient (Wildman–Crippen LogP) is 1.26. The summed E-state index contributed by atoms with van der Waals surface area (Å²) in [5.41, 5.74) is 7.17. The fourth-order valence-corrected chi connectivity index (χ4v) is 3.51. The lowest BCUT2D eigenvalue weighted by molar-refractivity contribution is 0.0870. The Bertz CT molecular complexity index is 723. The summed E-state index contributed by atoms with van der Waals surface area (Å²) in [4.78, 5) is 20.4. The van der Waals surface area contributed by atoms with E-state index in [2.05, 4.69) is 27.9 Å². The van der Waals surface area contributed by atoms with Crippen molar-refractivity contribution in [1.82, 2.24) is 9.88 Å². The van der Waals surface area contributed by atoms with Crippen LogP contribution in [0.25, 0.3) is 11.1 Å². The normalized spacial score (nSPS) is 21.2. The first-order valence-electron chi connectivity index (χ1n) is 7.61. The number of fused-ring (bicyclic) bond motifs is 1. The highest BCUT2D eigenvalue weighted by atomic mass is 16.4. The molecule has 0 unspecified atom stereocenters. The zero-order chi connectivity index (χ0) is 15.3. The highest BCUT2D eigenvalue weighted by molar-refractivity contribution is 6.03. The average Bonchev–Trinajstić information content (AvgIpc) is 2.89. The Hall–Kier alpha value is -2.08. The maximum atomic E-state index is 11.4. The van der Waals surface area contributed by atoms with Gasteiger partial charge >= 0.3 is 0 Å². The quantitative estimate of drug-likeness (QED) is 0.903. The summed E-state index contributed by atoms with van der Waals surface area (Å²) in [6.45, 7) is 4.26.